The van der Waals surface area contributed by atoms with E-state index in [4.69, 9.17) is 11.6 Å². The van der Waals surface area contributed by atoms with E-state index in [0.717, 1.165) is 22.3 Å². The Morgan fingerprint density at radius 1 is 0.912 bits per heavy atom. The number of carbonyl (C=O) groups is 2. The monoisotopic (exact) mass is 476 g/mol. The van der Waals surface area contributed by atoms with Crippen LogP contribution in [-0.2, 0) is 29.0 Å². The van der Waals surface area contributed by atoms with E-state index in [1.165, 1.54) is 0 Å². The number of hydrogen-bond donors (Lipinski definition) is 1. The first kappa shape index (κ1) is 25.5. The number of rotatable bonds is 10. The Labute approximate surface area is 207 Å². The molecule has 0 aliphatic heterocycles. The summed E-state index contributed by atoms with van der Waals surface area (Å²) in [6, 6.07) is 24.6. The van der Waals surface area contributed by atoms with Gasteiger partial charge in [-0.2, -0.15) is 0 Å². The Morgan fingerprint density at radius 2 is 1.59 bits per heavy atom. The van der Waals surface area contributed by atoms with Gasteiger partial charge in [-0.25, -0.2) is 0 Å². The van der Waals surface area contributed by atoms with Crippen molar-refractivity contribution in [2.24, 2.45) is 5.92 Å². The van der Waals surface area contributed by atoms with Crippen LogP contribution in [0, 0.1) is 12.8 Å². The Morgan fingerprint density at radius 3 is 2.26 bits per heavy atom. The lowest BCUT2D eigenvalue weighted by molar-refractivity contribution is -0.140. The van der Waals surface area contributed by atoms with Crippen molar-refractivity contribution in [2.45, 2.75) is 46.2 Å². The van der Waals surface area contributed by atoms with Crippen LogP contribution < -0.4 is 5.32 Å². The molecule has 1 N–H and O–H groups in total. The van der Waals surface area contributed by atoms with Gasteiger partial charge in [-0.3, -0.25) is 9.59 Å². The first-order valence-corrected chi connectivity index (χ1v) is 12.1. The van der Waals surface area contributed by atoms with Gasteiger partial charge in [0.2, 0.25) is 11.8 Å². The lowest BCUT2D eigenvalue weighted by Crippen LogP contribution is -2.51. The first-order valence-electron chi connectivity index (χ1n) is 11.7. The fourth-order valence-corrected chi connectivity index (χ4v) is 4.08. The Balaban J connectivity index is 1.97. The maximum atomic E-state index is 13.7. The van der Waals surface area contributed by atoms with Gasteiger partial charge < -0.3 is 10.2 Å². The number of nitrogens with zero attached hydrogens (tertiary/aromatic N) is 1. The van der Waals surface area contributed by atoms with E-state index >= 15 is 0 Å². The summed E-state index contributed by atoms with van der Waals surface area (Å²) >= 11 is 6.46. The molecule has 2 amide bonds. The molecule has 0 heterocycles. The predicted octanol–water partition coefficient (Wildman–Crippen LogP) is 5.60. The molecule has 4 nitrogen and oxygen atoms in total. The maximum Gasteiger partial charge on any atom is 0.243 e. The quantitative estimate of drug-likeness (QED) is 0.414. The van der Waals surface area contributed by atoms with Crippen molar-refractivity contribution < 1.29 is 9.59 Å². The topological polar surface area (TPSA) is 49.4 Å². The molecule has 0 saturated carbocycles. The summed E-state index contributed by atoms with van der Waals surface area (Å²) in [7, 11) is 0. The normalized spacial score (nSPS) is 11.8. The summed E-state index contributed by atoms with van der Waals surface area (Å²) in [6.07, 6.45) is 0.643. The number of hydrogen-bond acceptors (Lipinski definition) is 2. The van der Waals surface area contributed by atoms with Gasteiger partial charge in [-0.1, -0.05) is 104 Å². The molecule has 0 spiro atoms. The lowest BCUT2D eigenvalue weighted by atomic mass is 10.0. The molecule has 34 heavy (non-hydrogen) atoms. The molecular formula is C29H33ClN2O2. The van der Waals surface area contributed by atoms with Crippen LogP contribution in [0.4, 0.5) is 0 Å². The van der Waals surface area contributed by atoms with E-state index in [2.05, 4.69) is 19.2 Å². The summed E-state index contributed by atoms with van der Waals surface area (Å²) in [5.74, 6) is 0.0506. The molecule has 3 aromatic rings. The zero-order valence-electron chi connectivity index (χ0n) is 20.1. The molecule has 0 saturated heterocycles. The van der Waals surface area contributed by atoms with Crippen molar-refractivity contribution in [2.75, 3.05) is 6.54 Å². The first-order chi connectivity index (χ1) is 16.3. The fourth-order valence-electron chi connectivity index (χ4n) is 3.88. The summed E-state index contributed by atoms with van der Waals surface area (Å²) in [5, 5.41) is 3.63. The smallest absolute Gasteiger partial charge is 0.243 e. The number of benzene rings is 3. The molecule has 1 unspecified atom stereocenters. The summed E-state index contributed by atoms with van der Waals surface area (Å²) in [6.45, 7) is 6.92. The van der Waals surface area contributed by atoms with Gasteiger partial charge >= 0.3 is 0 Å². The van der Waals surface area contributed by atoms with Gasteiger partial charge in [0.05, 0.1) is 6.42 Å². The lowest BCUT2D eigenvalue weighted by Gasteiger charge is -2.32. The molecule has 3 aromatic carbocycles. The fraction of sp³-hybridized carbons (Fsp3) is 0.310. The number of aryl methyl sites for hydroxylation is 1. The highest BCUT2D eigenvalue weighted by atomic mass is 35.5. The van der Waals surface area contributed by atoms with Crippen molar-refractivity contribution in [1.82, 2.24) is 10.2 Å². The standard InChI is InChI=1S/C29H33ClN2O2/c1-21(2)19-31-29(34)27(17-23-11-5-4-6-12-23)32(20-25-14-7-8-15-26(25)30)28(33)18-24-13-9-10-22(3)16-24/h4-16,21,27H,17-20H2,1-3H3,(H,31,34). The average Bonchev–Trinajstić information content (AvgIpc) is 2.81. The van der Waals surface area contributed by atoms with Crippen LogP contribution in [0.2, 0.25) is 5.02 Å². The minimum absolute atomic E-state index is 0.105. The van der Waals surface area contributed by atoms with Crippen molar-refractivity contribution in [1.29, 1.82) is 0 Å². The molecule has 0 fully saturated rings. The molecule has 0 radical (unpaired) electrons. The third-order valence-corrected chi connectivity index (χ3v) is 6.06. The minimum Gasteiger partial charge on any atom is -0.354 e. The van der Waals surface area contributed by atoms with Crippen LogP contribution in [0.3, 0.4) is 0 Å². The molecule has 5 heteroatoms. The summed E-state index contributed by atoms with van der Waals surface area (Å²) in [4.78, 5) is 28.8. The number of carbonyl (C=O) groups excluding carboxylic acids is 2. The zero-order chi connectivity index (χ0) is 24.5. The van der Waals surface area contributed by atoms with Gasteiger partial charge in [-0.05, 0) is 35.6 Å². The van der Waals surface area contributed by atoms with Crippen molar-refractivity contribution >= 4 is 23.4 Å². The molecule has 1 atom stereocenters. The highest BCUT2D eigenvalue weighted by Crippen LogP contribution is 2.21. The SMILES string of the molecule is Cc1cccc(CC(=O)N(Cc2ccccc2Cl)C(Cc2ccccc2)C(=O)NCC(C)C)c1. The Hall–Kier alpha value is -3.11. The van der Waals surface area contributed by atoms with Crippen molar-refractivity contribution in [3.63, 3.8) is 0 Å². The van der Waals surface area contributed by atoms with Gasteiger partial charge in [0, 0.05) is 24.5 Å². The molecular weight excluding hydrogens is 444 g/mol. The second-order valence-electron chi connectivity index (χ2n) is 9.12. The van der Waals surface area contributed by atoms with Gasteiger partial charge in [0.25, 0.3) is 0 Å². The van der Waals surface area contributed by atoms with Gasteiger partial charge in [-0.15, -0.1) is 0 Å². The Kier molecular flexibility index (Phi) is 9.29. The van der Waals surface area contributed by atoms with E-state index < -0.39 is 6.04 Å². The van der Waals surface area contributed by atoms with Crippen molar-refractivity contribution in [3.05, 3.63) is 106 Å². The average molecular weight is 477 g/mol. The second-order valence-corrected chi connectivity index (χ2v) is 9.53. The number of amides is 2. The van der Waals surface area contributed by atoms with E-state index in [-0.39, 0.29) is 24.8 Å². The summed E-state index contributed by atoms with van der Waals surface area (Å²) < 4.78 is 0. The van der Waals surface area contributed by atoms with Crippen LogP contribution in [-0.4, -0.2) is 29.3 Å². The van der Waals surface area contributed by atoms with Crippen LogP contribution in [0.25, 0.3) is 0 Å². The molecule has 3 rings (SSSR count). The molecule has 0 aliphatic rings. The third kappa shape index (κ3) is 7.46. The summed E-state index contributed by atoms with van der Waals surface area (Å²) in [5.41, 5.74) is 3.84. The molecule has 178 valence electrons. The minimum atomic E-state index is -0.658. The van der Waals surface area contributed by atoms with E-state index in [1.54, 1.807) is 4.90 Å². The molecule has 0 aliphatic carbocycles. The molecule has 0 bridgehead atoms. The zero-order valence-corrected chi connectivity index (χ0v) is 20.9. The van der Waals surface area contributed by atoms with Gasteiger partial charge in [0.1, 0.15) is 6.04 Å². The van der Waals surface area contributed by atoms with E-state index in [9.17, 15) is 9.59 Å². The van der Waals surface area contributed by atoms with Crippen LogP contribution >= 0.6 is 11.6 Å². The Bertz CT molecular complexity index is 1100. The highest BCUT2D eigenvalue weighted by Gasteiger charge is 2.30. The number of nitrogens with one attached hydrogen (secondary N) is 1. The third-order valence-electron chi connectivity index (χ3n) is 5.69. The highest BCUT2D eigenvalue weighted by molar-refractivity contribution is 6.31. The molecule has 0 aromatic heterocycles. The largest absolute Gasteiger partial charge is 0.354 e. The predicted molar refractivity (Wildman–Crippen MR) is 139 cm³/mol. The van der Waals surface area contributed by atoms with Crippen LogP contribution in [0.15, 0.2) is 78.9 Å². The van der Waals surface area contributed by atoms with Crippen LogP contribution in [0.5, 0.6) is 0 Å². The maximum absolute atomic E-state index is 13.7. The van der Waals surface area contributed by atoms with E-state index in [1.807, 2.05) is 85.8 Å². The second kappa shape index (κ2) is 12.4. The van der Waals surface area contributed by atoms with Gasteiger partial charge in [0.15, 0.2) is 0 Å². The van der Waals surface area contributed by atoms with Crippen molar-refractivity contribution in [3.8, 4) is 0 Å². The van der Waals surface area contributed by atoms with E-state index in [0.29, 0.717) is 23.9 Å². The van der Waals surface area contributed by atoms with Crippen LogP contribution in [0.1, 0.15) is 36.1 Å². The number of halogens is 1.